The number of rotatable bonds is 3. The molecule has 0 radical (unpaired) electrons. The van der Waals surface area contributed by atoms with E-state index in [4.69, 9.17) is 16.7 Å². The summed E-state index contributed by atoms with van der Waals surface area (Å²) in [6.07, 6.45) is 1.05. The summed E-state index contributed by atoms with van der Waals surface area (Å²) in [5.74, 6) is -1.87. The molecular formula is C9H5ClN4O4. The van der Waals surface area contributed by atoms with Crippen molar-refractivity contribution in [3.05, 3.63) is 45.2 Å². The molecule has 0 spiro atoms. The van der Waals surface area contributed by atoms with E-state index in [1.807, 2.05) is 0 Å². The van der Waals surface area contributed by atoms with Crippen molar-refractivity contribution in [2.45, 2.75) is 0 Å². The Morgan fingerprint density at radius 3 is 2.78 bits per heavy atom. The first-order valence-electron chi connectivity index (χ1n) is 4.59. The quantitative estimate of drug-likeness (QED) is 0.667. The minimum Gasteiger partial charge on any atom is -0.478 e. The van der Waals surface area contributed by atoms with Crippen LogP contribution in [0.4, 0.5) is 5.95 Å². The van der Waals surface area contributed by atoms with Crippen molar-refractivity contribution in [2.24, 2.45) is 0 Å². The molecule has 0 amide bonds. The number of aromatic carboxylic acids is 1. The van der Waals surface area contributed by atoms with Crippen LogP contribution in [0.2, 0.25) is 5.02 Å². The predicted molar refractivity (Wildman–Crippen MR) is 60.0 cm³/mol. The summed E-state index contributed by atoms with van der Waals surface area (Å²) >= 11 is 5.77. The van der Waals surface area contributed by atoms with Gasteiger partial charge in [0.15, 0.2) is 0 Å². The molecule has 1 heterocycles. The van der Waals surface area contributed by atoms with E-state index in [0.717, 1.165) is 11.0 Å². The van der Waals surface area contributed by atoms with Gasteiger partial charge in [0.25, 0.3) is 0 Å². The van der Waals surface area contributed by atoms with Gasteiger partial charge in [0, 0.05) is 5.10 Å². The number of carbonyl (C=O) groups is 1. The van der Waals surface area contributed by atoms with Crippen LogP contribution in [-0.2, 0) is 0 Å². The third kappa shape index (κ3) is 2.00. The number of carboxylic acids is 1. The molecule has 1 N–H and O–H groups in total. The summed E-state index contributed by atoms with van der Waals surface area (Å²) in [6.45, 7) is 0. The van der Waals surface area contributed by atoms with Gasteiger partial charge in [-0.05, 0) is 17.1 Å². The lowest BCUT2D eigenvalue weighted by Gasteiger charge is -2.03. The number of nitrogens with zero attached hydrogens (tertiary/aromatic N) is 4. The summed E-state index contributed by atoms with van der Waals surface area (Å²) in [5.41, 5.74) is -0.0884. The highest BCUT2D eigenvalue weighted by molar-refractivity contribution is 6.34. The fourth-order valence-electron chi connectivity index (χ4n) is 1.37. The van der Waals surface area contributed by atoms with Crippen molar-refractivity contribution >= 4 is 23.5 Å². The second-order valence-corrected chi connectivity index (χ2v) is 3.59. The Hall–Kier alpha value is -2.48. The van der Waals surface area contributed by atoms with Crippen LogP contribution in [-0.4, -0.2) is 30.8 Å². The zero-order chi connectivity index (χ0) is 13.3. The van der Waals surface area contributed by atoms with Gasteiger partial charge in [-0.25, -0.2) is 4.79 Å². The molecule has 0 bridgehead atoms. The van der Waals surface area contributed by atoms with Crippen molar-refractivity contribution in [1.29, 1.82) is 0 Å². The zero-order valence-electron chi connectivity index (χ0n) is 8.65. The highest BCUT2D eigenvalue weighted by Gasteiger charge is 2.21. The van der Waals surface area contributed by atoms with E-state index in [1.165, 1.54) is 18.2 Å². The summed E-state index contributed by atoms with van der Waals surface area (Å²) in [5, 5.41) is 23.1. The largest absolute Gasteiger partial charge is 0.491 e. The number of nitro groups is 1. The summed E-state index contributed by atoms with van der Waals surface area (Å²) in [4.78, 5) is 24.2. The topological polar surface area (TPSA) is 111 Å². The average molecular weight is 269 g/mol. The van der Waals surface area contributed by atoms with E-state index in [1.54, 1.807) is 0 Å². The smallest absolute Gasteiger partial charge is 0.478 e. The van der Waals surface area contributed by atoms with Crippen molar-refractivity contribution in [1.82, 2.24) is 14.8 Å². The minimum atomic E-state index is -1.26. The Morgan fingerprint density at radius 2 is 2.22 bits per heavy atom. The first kappa shape index (κ1) is 12.0. The molecule has 0 saturated heterocycles. The molecule has 0 atom stereocenters. The third-order valence-corrected chi connectivity index (χ3v) is 2.41. The van der Waals surface area contributed by atoms with Crippen molar-refractivity contribution in [2.75, 3.05) is 0 Å². The monoisotopic (exact) mass is 268 g/mol. The molecule has 8 nitrogen and oxygen atoms in total. The Bertz CT molecular complexity index is 639. The van der Waals surface area contributed by atoms with E-state index in [2.05, 4.69) is 10.1 Å². The van der Waals surface area contributed by atoms with E-state index in [-0.39, 0.29) is 16.3 Å². The molecule has 2 rings (SSSR count). The Morgan fingerprint density at radius 1 is 1.50 bits per heavy atom. The fourth-order valence-corrected chi connectivity index (χ4v) is 1.62. The van der Waals surface area contributed by atoms with Gasteiger partial charge in [-0.3, -0.25) is 0 Å². The van der Waals surface area contributed by atoms with E-state index >= 15 is 0 Å². The molecule has 2 aromatic rings. The standard InChI is InChI=1S/C9H5ClN4O4/c10-5-2-1-3-6(7(5)8(15)16)13-4-11-9(12-13)14(17)18/h1-4H,(H,15,16). The first-order valence-corrected chi connectivity index (χ1v) is 4.96. The molecule has 9 heteroatoms. The van der Waals surface area contributed by atoms with Crippen LogP contribution < -0.4 is 0 Å². The van der Waals surface area contributed by atoms with Gasteiger partial charge in [-0.15, -0.1) is 4.68 Å². The number of hydrogen-bond acceptors (Lipinski definition) is 5. The number of halogens is 1. The lowest BCUT2D eigenvalue weighted by atomic mass is 10.2. The van der Waals surface area contributed by atoms with Crippen LogP contribution in [0, 0.1) is 10.1 Å². The summed E-state index contributed by atoms with van der Waals surface area (Å²) in [7, 11) is 0. The molecule has 0 aliphatic rings. The van der Waals surface area contributed by atoms with Crippen LogP contribution in [0.5, 0.6) is 0 Å². The summed E-state index contributed by atoms with van der Waals surface area (Å²) in [6, 6.07) is 4.34. The predicted octanol–water partition coefficient (Wildman–Crippen LogP) is 1.53. The van der Waals surface area contributed by atoms with E-state index in [0.29, 0.717) is 0 Å². The number of benzene rings is 1. The van der Waals surface area contributed by atoms with Gasteiger partial charge in [0.1, 0.15) is 5.56 Å². The SMILES string of the molecule is O=C(O)c1c(Cl)cccc1-n1cnc([N+](=O)[O-])n1. The third-order valence-electron chi connectivity index (χ3n) is 2.10. The van der Waals surface area contributed by atoms with Crippen molar-refractivity contribution < 1.29 is 14.8 Å². The molecule has 1 aromatic carbocycles. The van der Waals surface area contributed by atoms with Gasteiger partial charge in [-0.2, -0.15) is 0 Å². The Labute approximate surface area is 105 Å². The molecule has 92 valence electrons. The second kappa shape index (κ2) is 4.41. The highest BCUT2D eigenvalue weighted by Crippen LogP contribution is 2.23. The van der Waals surface area contributed by atoms with E-state index < -0.39 is 16.8 Å². The van der Waals surface area contributed by atoms with Gasteiger partial charge in [-0.1, -0.05) is 22.7 Å². The normalized spacial score (nSPS) is 10.3. The molecule has 0 fully saturated rings. The molecule has 0 unspecified atom stereocenters. The van der Waals surface area contributed by atoms with Crippen LogP contribution in [0.3, 0.4) is 0 Å². The van der Waals surface area contributed by atoms with Crippen LogP contribution in [0.1, 0.15) is 10.4 Å². The van der Waals surface area contributed by atoms with Gasteiger partial charge < -0.3 is 15.2 Å². The maximum atomic E-state index is 11.1. The van der Waals surface area contributed by atoms with Crippen molar-refractivity contribution in [3.8, 4) is 5.69 Å². The van der Waals surface area contributed by atoms with Crippen molar-refractivity contribution in [3.63, 3.8) is 0 Å². The Kier molecular flexibility index (Phi) is 2.94. The molecule has 0 saturated carbocycles. The minimum absolute atomic E-state index is 0.0122. The highest BCUT2D eigenvalue weighted by atomic mass is 35.5. The second-order valence-electron chi connectivity index (χ2n) is 3.19. The average Bonchev–Trinajstić information content (AvgIpc) is 2.77. The summed E-state index contributed by atoms with van der Waals surface area (Å²) < 4.78 is 0.994. The van der Waals surface area contributed by atoms with Gasteiger partial charge in [0.2, 0.25) is 6.33 Å². The molecule has 1 aromatic heterocycles. The number of aromatic nitrogens is 3. The van der Waals surface area contributed by atoms with Crippen LogP contribution in [0.25, 0.3) is 5.69 Å². The molecule has 18 heavy (non-hydrogen) atoms. The number of hydrogen-bond donors (Lipinski definition) is 1. The maximum Gasteiger partial charge on any atom is 0.491 e. The molecule has 0 aliphatic heterocycles. The Balaban J connectivity index is 2.59. The molecular weight excluding hydrogens is 264 g/mol. The number of carboxylic acid groups (broad SMARTS) is 1. The lowest BCUT2D eigenvalue weighted by Crippen LogP contribution is -2.07. The lowest BCUT2D eigenvalue weighted by molar-refractivity contribution is -0.394. The van der Waals surface area contributed by atoms with Gasteiger partial charge >= 0.3 is 11.9 Å². The van der Waals surface area contributed by atoms with E-state index in [9.17, 15) is 14.9 Å². The van der Waals surface area contributed by atoms with Crippen LogP contribution in [0.15, 0.2) is 24.5 Å². The first-order chi connectivity index (χ1) is 8.50. The fraction of sp³-hybridized carbons (Fsp3) is 0. The van der Waals surface area contributed by atoms with Crippen LogP contribution >= 0.6 is 11.6 Å². The van der Waals surface area contributed by atoms with Gasteiger partial charge in [0.05, 0.1) is 10.7 Å². The zero-order valence-corrected chi connectivity index (χ0v) is 9.40. The molecule has 0 aliphatic carbocycles. The maximum absolute atomic E-state index is 11.1.